The minimum absolute atomic E-state index is 0.177. The van der Waals surface area contributed by atoms with Crippen molar-refractivity contribution in [2.24, 2.45) is 0 Å². The van der Waals surface area contributed by atoms with Crippen LogP contribution in [0.3, 0.4) is 0 Å². The second-order valence-corrected chi connectivity index (χ2v) is 7.68. The number of nitrogens with zero attached hydrogens (tertiary/aromatic N) is 5. The lowest BCUT2D eigenvalue weighted by Crippen LogP contribution is -2.29. The summed E-state index contributed by atoms with van der Waals surface area (Å²) in [6.07, 6.45) is 2.39. The molecule has 0 aliphatic carbocycles. The predicted octanol–water partition coefficient (Wildman–Crippen LogP) is 3.12. The number of amides is 1. The molecular formula is C23H27N7O2. The Morgan fingerprint density at radius 1 is 1.03 bits per heavy atom. The predicted molar refractivity (Wildman–Crippen MR) is 122 cm³/mol. The summed E-state index contributed by atoms with van der Waals surface area (Å²) in [5.41, 5.74) is 1.32. The quantitative estimate of drug-likeness (QED) is 0.522. The summed E-state index contributed by atoms with van der Waals surface area (Å²) in [5, 5.41) is 14.1. The number of hydrogen-bond donors (Lipinski definition) is 2. The van der Waals surface area contributed by atoms with Gasteiger partial charge in [-0.1, -0.05) is 6.07 Å². The first-order chi connectivity index (χ1) is 15.6. The third-order valence-corrected chi connectivity index (χ3v) is 5.06. The van der Waals surface area contributed by atoms with Gasteiger partial charge in [0.2, 0.25) is 5.88 Å². The van der Waals surface area contributed by atoms with E-state index in [0.717, 1.165) is 36.2 Å². The molecular weight excluding hydrogens is 406 g/mol. The Balaban J connectivity index is 1.28. The molecule has 2 aromatic heterocycles. The van der Waals surface area contributed by atoms with E-state index in [2.05, 4.69) is 35.7 Å². The Labute approximate surface area is 187 Å². The SMILES string of the molecule is Cc1ccc(Oc2cccc(C(=O)NCCNc3cc(N4CCCC4)nc(C)n3)c2)nn1. The Hall–Kier alpha value is -3.75. The lowest BCUT2D eigenvalue weighted by atomic mass is 10.2. The molecule has 1 aromatic carbocycles. The average molecular weight is 434 g/mol. The average Bonchev–Trinajstić information content (AvgIpc) is 3.33. The zero-order valence-electron chi connectivity index (χ0n) is 18.3. The first kappa shape index (κ1) is 21.5. The lowest BCUT2D eigenvalue weighted by Gasteiger charge is -2.17. The fourth-order valence-corrected chi connectivity index (χ4v) is 3.48. The number of nitrogens with one attached hydrogen (secondary N) is 2. The van der Waals surface area contributed by atoms with Crippen molar-refractivity contribution in [1.29, 1.82) is 0 Å². The van der Waals surface area contributed by atoms with Crippen LogP contribution in [0.4, 0.5) is 11.6 Å². The summed E-state index contributed by atoms with van der Waals surface area (Å²) in [6, 6.07) is 12.5. The number of ether oxygens (including phenoxy) is 1. The van der Waals surface area contributed by atoms with Crippen molar-refractivity contribution in [3.63, 3.8) is 0 Å². The molecule has 32 heavy (non-hydrogen) atoms. The van der Waals surface area contributed by atoms with Gasteiger partial charge in [0.25, 0.3) is 5.91 Å². The maximum atomic E-state index is 12.5. The fraction of sp³-hybridized carbons (Fsp3) is 0.348. The van der Waals surface area contributed by atoms with Gasteiger partial charge in [-0.3, -0.25) is 4.79 Å². The van der Waals surface area contributed by atoms with Crippen molar-refractivity contribution in [3.8, 4) is 11.6 Å². The topological polar surface area (TPSA) is 105 Å². The van der Waals surface area contributed by atoms with Crippen LogP contribution >= 0.6 is 0 Å². The highest BCUT2D eigenvalue weighted by molar-refractivity contribution is 5.94. The largest absolute Gasteiger partial charge is 0.438 e. The molecule has 166 valence electrons. The van der Waals surface area contributed by atoms with Crippen LogP contribution in [0, 0.1) is 13.8 Å². The second kappa shape index (κ2) is 10.0. The van der Waals surface area contributed by atoms with Gasteiger partial charge in [-0.05, 0) is 51.0 Å². The number of carbonyl (C=O) groups is 1. The highest BCUT2D eigenvalue weighted by Gasteiger charge is 2.15. The van der Waals surface area contributed by atoms with Crippen molar-refractivity contribution in [1.82, 2.24) is 25.5 Å². The number of benzene rings is 1. The Kier molecular flexibility index (Phi) is 6.74. The minimum atomic E-state index is -0.177. The van der Waals surface area contributed by atoms with Crippen molar-refractivity contribution >= 4 is 17.5 Å². The number of aryl methyl sites for hydroxylation is 2. The normalized spacial score (nSPS) is 13.1. The maximum Gasteiger partial charge on any atom is 0.251 e. The molecule has 0 spiro atoms. The van der Waals surface area contributed by atoms with Crippen LogP contribution in [0.2, 0.25) is 0 Å². The molecule has 1 aliphatic rings. The standard InChI is InChI=1S/C23H27N7O2/c1-16-8-9-22(29-28-16)32-19-7-5-6-18(14-19)23(31)25-11-10-24-20-15-21(27-17(2)26-20)30-12-3-4-13-30/h5-9,14-15H,3-4,10-13H2,1-2H3,(H,25,31)(H,24,26,27). The molecule has 0 bridgehead atoms. The van der Waals surface area contributed by atoms with E-state index >= 15 is 0 Å². The van der Waals surface area contributed by atoms with E-state index in [1.807, 2.05) is 26.0 Å². The van der Waals surface area contributed by atoms with Gasteiger partial charge in [0.1, 0.15) is 23.2 Å². The molecule has 1 amide bonds. The molecule has 2 N–H and O–H groups in total. The van der Waals surface area contributed by atoms with Crippen LogP contribution in [0.5, 0.6) is 11.6 Å². The summed E-state index contributed by atoms with van der Waals surface area (Å²) in [5.74, 6) is 3.19. The number of rotatable bonds is 8. The van der Waals surface area contributed by atoms with Gasteiger partial charge in [0.15, 0.2) is 0 Å². The van der Waals surface area contributed by atoms with Gasteiger partial charge in [-0.15, -0.1) is 5.10 Å². The van der Waals surface area contributed by atoms with Gasteiger partial charge in [-0.2, -0.15) is 5.10 Å². The van der Waals surface area contributed by atoms with Crippen LogP contribution in [0.15, 0.2) is 42.5 Å². The fourth-order valence-electron chi connectivity index (χ4n) is 3.48. The van der Waals surface area contributed by atoms with Crippen molar-refractivity contribution in [2.45, 2.75) is 26.7 Å². The number of hydrogen-bond acceptors (Lipinski definition) is 8. The van der Waals surface area contributed by atoms with Crippen LogP contribution in [-0.2, 0) is 0 Å². The first-order valence-corrected chi connectivity index (χ1v) is 10.8. The van der Waals surface area contributed by atoms with E-state index < -0.39 is 0 Å². The van der Waals surface area contributed by atoms with Crippen LogP contribution in [0.1, 0.15) is 34.7 Å². The Bertz CT molecular complexity index is 1070. The first-order valence-electron chi connectivity index (χ1n) is 10.8. The molecule has 9 nitrogen and oxygen atoms in total. The third-order valence-electron chi connectivity index (χ3n) is 5.06. The van der Waals surface area contributed by atoms with Crippen LogP contribution in [0.25, 0.3) is 0 Å². The molecule has 3 aromatic rings. The van der Waals surface area contributed by atoms with Gasteiger partial charge in [-0.25, -0.2) is 9.97 Å². The molecule has 3 heterocycles. The highest BCUT2D eigenvalue weighted by Crippen LogP contribution is 2.21. The molecule has 0 saturated carbocycles. The second-order valence-electron chi connectivity index (χ2n) is 7.68. The van der Waals surface area contributed by atoms with Gasteiger partial charge >= 0.3 is 0 Å². The monoisotopic (exact) mass is 433 g/mol. The van der Waals surface area contributed by atoms with Crippen molar-refractivity contribution in [3.05, 3.63) is 59.5 Å². The third kappa shape index (κ3) is 5.69. The smallest absolute Gasteiger partial charge is 0.251 e. The molecule has 9 heteroatoms. The highest BCUT2D eigenvalue weighted by atomic mass is 16.5. The van der Waals surface area contributed by atoms with E-state index in [-0.39, 0.29) is 5.91 Å². The van der Waals surface area contributed by atoms with E-state index in [9.17, 15) is 4.79 Å². The van der Waals surface area contributed by atoms with E-state index in [1.165, 1.54) is 12.8 Å². The molecule has 0 unspecified atom stereocenters. The van der Waals surface area contributed by atoms with Crippen LogP contribution < -0.4 is 20.3 Å². The molecule has 1 saturated heterocycles. The number of anilines is 2. The molecule has 4 rings (SSSR count). The molecule has 0 atom stereocenters. The molecule has 1 fully saturated rings. The number of carbonyl (C=O) groups excluding carboxylic acids is 1. The molecule has 0 radical (unpaired) electrons. The Morgan fingerprint density at radius 2 is 1.88 bits per heavy atom. The zero-order valence-corrected chi connectivity index (χ0v) is 18.3. The van der Waals surface area contributed by atoms with Gasteiger partial charge < -0.3 is 20.3 Å². The summed E-state index contributed by atoms with van der Waals surface area (Å²) < 4.78 is 5.69. The van der Waals surface area contributed by atoms with E-state index in [4.69, 9.17) is 4.74 Å². The van der Waals surface area contributed by atoms with Gasteiger partial charge in [0, 0.05) is 43.9 Å². The molecule has 1 aliphatic heterocycles. The zero-order chi connectivity index (χ0) is 22.3. The summed E-state index contributed by atoms with van der Waals surface area (Å²) >= 11 is 0. The summed E-state index contributed by atoms with van der Waals surface area (Å²) in [6.45, 7) is 6.82. The summed E-state index contributed by atoms with van der Waals surface area (Å²) in [4.78, 5) is 23.8. The lowest BCUT2D eigenvalue weighted by molar-refractivity contribution is 0.0955. The van der Waals surface area contributed by atoms with Crippen molar-refractivity contribution < 1.29 is 9.53 Å². The van der Waals surface area contributed by atoms with Crippen molar-refractivity contribution in [2.75, 3.05) is 36.4 Å². The van der Waals surface area contributed by atoms with Gasteiger partial charge in [0.05, 0.1) is 5.69 Å². The van der Waals surface area contributed by atoms with E-state index in [1.54, 1.807) is 30.3 Å². The van der Waals surface area contributed by atoms with E-state index in [0.29, 0.717) is 30.3 Å². The number of aromatic nitrogens is 4. The minimum Gasteiger partial charge on any atom is -0.438 e. The maximum absolute atomic E-state index is 12.5. The Morgan fingerprint density at radius 3 is 2.66 bits per heavy atom. The van der Waals surface area contributed by atoms with Crippen LogP contribution in [-0.4, -0.2) is 52.3 Å². The summed E-state index contributed by atoms with van der Waals surface area (Å²) in [7, 11) is 0.